The summed E-state index contributed by atoms with van der Waals surface area (Å²) in [7, 11) is 1.36. The molecule has 4 aromatic carbocycles. The quantitative estimate of drug-likeness (QED) is 0.0711. The van der Waals surface area contributed by atoms with E-state index in [-0.39, 0.29) is 0 Å². The molecule has 0 spiro atoms. The Kier molecular flexibility index (Phi) is 11.9. The van der Waals surface area contributed by atoms with Gasteiger partial charge in [-0.1, -0.05) is 68.8 Å². The van der Waals surface area contributed by atoms with Gasteiger partial charge < -0.3 is 23.7 Å². The summed E-state index contributed by atoms with van der Waals surface area (Å²) in [5.74, 6) is 3.10. The third-order valence-electron chi connectivity index (χ3n) is 6.64. The third kappa shape index (κ3) is 8.41. The monoisotopic (exact) mass is 680 g/mol. The summed E-state index contributed by atoms with van der Waals surface area (Å²) in [5.41, 5.74) is 3.61. The van der Waals surface area contributed by atoms with Gasteiger partial charge in [0.2, 0.25) is 0 Å². The molecule has 6 nitrogen and oxygen atoms in total. The van der Waals surface area contributed by atoms with Gasteiger partial charge >= 0.3 is 5.97 Å². The predicted molar refractivity (Wildman–Crippen MR) is 173 cm³/mol. The number of aryl methyl sites for hydroxylation is 1. The zero-order valence-electron chi connectivity index (χ0n) is 24.4. The molecule has 0 aromatic heterocycles. The third-order valence-corrected chi connectivity index (χ3v) is 7.48. The number of ether oxygens (including phenoxy) is 5. The minimum atomic E-state index is -0.440. The molecule has 0 radical (unpaired) electrons. The van der Waals surface area contributed by atoms with Crippen molar-refractivity contribution in [2.45, 2.75) is 46.1 Å². The summed E-state index contributed by atoms with van der Waals surface area (Å²) in [6.07, 6.45) is 3.26. The molecular weight excluding hydrogens is 643 g/mol. The van der Waals surface area contributed by atoms with Crippen LogP contribution in [-0.4, -0.2) is 26.3 Å². The summed E-state index contributed by atoms with van der Waals surface area (Å²) >= 11 is 2.32. The van der Waals surface area contributed by atoms with Crippen LogP contribution in [0.5, 0.6) is 28.7 Å². The van der Waals surface area contributed by atoms with Crippen molar-refractivity contribution in [2.24, 2.45) is 0 Å². The standard InChI is InChI=1S/C35H37IO6/c1-4-13-27-30(18-11-19-31(27)42-32-17-10-9-16-28(32)35(37)38-3)39-20-12-21-40-33-23-34(29(36)22-26(33)5-2)41-24-25-14-7-6-8-15-25/h6-11,14-19,22-23H,4-5,12-13,20-21,24H2,1-3H3. The van der Waals surface area contributed by atoms with Gasteiger partial charge in [0.25, 0.3) is 0 Å². The molecule has 42 heavy (non-hydrogen) atoms. The molecule has 4 rings (SSSR count). The van der Waals surface area contributed by atoms with Crippen LogP contribution in [0.2, 0.25) is 0 Å². The maximum Gasteiger partial charge on any atom is 0.341 e. The van der Waals surface area contributed by atoms with Crippen molar-refractivity contribution in [3.63, 3.8) is 0 Å². The maximum absolute atomic E-state index is 12.2. The number of benzene rings is 4. The van der Waals surface area contributed by atoms with Crippen LogP contribution in [0.15, 0.2) is 84.9 Å². The number of hydrogen-bond donors (Lipinski definition) is 0. The van der Waals surface area contributed by atoms with Crippen LogP contribution < -0.4 is 18.9 Å². The number of halogens is 1. The second-order valence-electron chi connectivity index (χ2n) is 9.64. The van der Waals surface area contributed by atoms with Crippen molar-refractivity contribution in [2.75, 3.05) is 20.3 Å². The lowest BCUT2D eigenvalue weighted by atomic mass is 10.1. The zero-order valence-corrected chi connectivity index (χ0v) is 26.5. The Labute approximate surface area is 262 Å². The topological polar surface area (TPSA) is 63.2 Å². The molecule has 0 saturated carbocycles. The van der Waals surface area contributed by atoms with Crippen LogP contribution in [0.3, 0.4) is 0 Å². The number of carbonyl (C=O) groups is 1. The lowest BCUT2D eigenvalue weighted by Gasteiger charge is -2.17. The van der Waals surface area contributed by atoms with Crippen LogP contribution >= 0.6 is 22.6 Å². The van der Waals surface area contributed by atoms with Gasteiger partial charge in [-0.3, -0.25) is 0 Å². The van der Waals surface area contributed by atoms with E-state index in [0.717, 1.165) is 56.8 Å². The molecule has 0 heterocycles. The molecule has 0 saturated heterocycles. The van der Waals surface area contributed by atoms with Gasteiger partial charge in [-0.25, -0.2) is 4.79 Å². The Bertz CT molecular complexity index is 1450. The summed E-state index contributed by atoms with van der Waals surface area (Å²) in [6.45, 7) is 5.74. The smallest absolute Gasteiger partial charge is 0.341 e. The van der Waals surface area contributed by atoms with Crippen molar-refractivity contribution in [1.29, 1.82) is 0 Å². The number of hydrogen-bond acceptors (Lipinski definition) is 6. The Morgan fingerprint density at radius 3 is 2.17 bits per heavy atom. The van der Waals surface area contributed by atoms with E-state index in [1.165, 1.54) is 7.11 Å². The van der Waals surface area contributed by atoms with E-state index in [9.17, 15) is 4.79 Å². The lowest BCUT2D eigenvalue weighted by molar-refractivity contribution is 0.0598. The minimum absolute atomic E-state index is 0.376. The number of methoxy groups -OCH3 is 1. The molecule has 0 unspecified atom stereocenters. The molecule has 220 valence electrons. The number of rotatable bonds is 15. The molecule has 0 aliphatic rings. The molecule has 0 fully saturated rings. The van der Waals surface area contributed by atoms with Gasteiger partial charge in [-0.2, -0.15) is 0 Å². The number of esters is 1. The largest absolute Gasteiger partial charge is 0.493 e. The van der Waals surface area contributed by atoms with Crippen LogP contribution in [0.4, 0.5) is 0 Å². The summed E-state index contributed by atoms with van der Waals surface area (Å²) in [5, 5.41) is 0. The highest BCUT2D eigenvalue weighted by atomic mass is 127. The summed E-state index contributed by atoms with van der Waals surface area (Å²) in [6, 6.07) is 27.1. The fourth-order valence-electron chi connectivity index (χ4n) is 4.48. The average molecular weight is 681 g/mol. The first-order chi connectivity index (χ1) is 20.5. The molecule has 4 aromatic rings. The van der Waals surface area contributed by atoms with Gasteiger partial charge in [0, 0.05) is 18.1 Å². The highest BCUT2D eigenvalue weighted by Crippen LogP contribution is 2.35. The summed E-state index contributed by atoms with van der Waals surface area (Å²) in [4.78, 5) is 12.2. The minimum Gasteiger partial charge on any atom is -0.493 e. The van der Waals surface area contributed by atoms with Crippen LogP contribution in [0, 0.1) is 3.57 Å². The van der Waals surface area contributed by atoms with Crippen LogP contribution in [0.1, 0.15) is 53.7 Å². The highest BCUT2D eigenvalue weighted by molar-refractivity contribution is 14.1. The molecule has 0 aliphatic carbocycles. The molecule has 0 N–H and O–H groups in total. The summed E-state index contributed by atoms with van der Waals surface area (Å²) < 4.78 is 30.7. The normalized spacial score (nSPS) is 10.7. The highest BCUT2D eigenvalue weighted by Gasteiger charge is 2.17. The van der Waals surface area contributed by atoms with E-state index in [1.807, 2.05) is 48.5 Å². The fourth-order valence-corrected chi connectivity index (χ4v) is 5.17. The molecule has 0 amide bonds. The van der Waals surface area contributed by atoms with Gasteiger partial charge in [-0.05, 0) is 76.9 Å². The van der Waals surface area contributed by atoms with E-state index in [0.29, 0.717) is 43.3 Å². The van der Waals surface area contributed by atoms with Crippen LogP contribution in [-0.2, 0) is 24.2 Å². The first-order valence-electron chi connectivity index (χ1n) is 14.3. The Balaban J connectivity index is 1.38. The molecule has 0 aliphatic heterocycles. The van der Waals surface area contributed by atoms with Crippen molar-refractivity contribution in [1.82, 2.24) is 0 Å². The number of para-hydroxylation sites is 1. The van der Waals surface area contributed by atoms with E-state index in [4.69, 9.17) is 23.7 Å². The Hall–Kier alpha value is -3.72. The van der Waals surface area contributed by atoms with E-state index < -0.39 is 5.97 Å². The van der Waals surface area contributed by atoms with Gasteiger partial charge in [-0.15, -0.1) is 0 Å². The van der Waals surface area contributed by atoms with E-state index in [2.05, 4.69) is 54.6 Å². The zero-order chi connectivity index (χ0) is 29.7. The van der Waals surface area contributed by atoms with Gasteiger partial charge in [0.05, 0.1) is 23.9 Å². The van der Waals surface area contributed by atoms with Crippen molar-refractivity contribution in [3.05, 3.63) is 111 Å². The number of carbonyl (C=O) groups excluding carboxylic acids is 1. The predicted octanol–water partition coefficient (Wildman–Crippen LogP) is 8.81. The first kappa shape index (κ1) is 31.2. The van der Waals surface area contributed by atoms with Gasteiger partial charge in [0.1, 0.15) is 40.9 Å². The second kappa shape index (κ2) is 16.1. The van der Waals surface area contributed by atoms with Crippen molar-refractivity contribution >= 4 is 28.6 Å². The van der Waals surface area contributed by atoms with Crippen molar-refractivity contribution in [3.8, 4) is 28.7 Å². The maximum atomic E-state index is 12.2. The average Bonchev–Trinajstić information content (AvgIpc) is 3.02. The Morgan fingerprint density at radius 1 is 0.738 bits per heavy atom. The Morgan fingerprint density at radius 2 is 1.43 bits per heavy atom. The first-order valence-corrected chi connectivity index (χ1v) is 15.3. The van der Waals surface area contributed by atoms with E-state index in [1.54, 1.807) is 18.2 Å². The van der Waals surface area contributed by atoms with Gasteiger partial charge in [0.15, 0.2) is 0 Å². The molecule has 7 heteroatoms. The van der Waals surface area contributed by atoms with Crippen molar-refractivity contribution < 1.29 is 28.5 Å². The lowest BCUT2D eigenvalue weighted by Crippen LogP contribution is -2.08. The van der Waals surface area contributed by atoms with E-state index >= 15 is 0 Å². The second-order valence-corrected chi connectivity index (χ2v) is 10.8. The fraction of sp³-hybridized carbons (Fsp3) is 0.286. The van der Waals surface area contributed by atoms with Crippen LogP contribution in [0.25, 0.3) is 0 Å². The molecule has 0 atom stereocenters. The SMILES string of the molecule is CCCc1c(OCCCOc2cc(OCc3ccccc3)c(I)cc2CC)cccc1Oc1ccccc1C(=O)OC. The molecule has 0 bridgehead atoms. The molecular formula is C35H37IO6.